The van der Waals surface area contributed by atoms with Gasteiger partial charge in [-0.1, -0.05) is 18.2 Å². The highest BCUT2D eigenvalue weighted by Gasteiger charge is 1.66. The Balaban J connectivity index is 2.85. The van der Waals surface area contributed by atoms with Gasteiger partial charge in [0.2, 0.25) is 0 Å². The quantitative estimate of drug-likeness (QED) is 0.473. The van der Waals surface area contributed by atoms with Crippen LogP contribution in [0.15, 0.2) is 11.7 Å². The topological polar surface area (TPSA) is 12.0 Å². The Kier molecular flexibility index (Phi) is 2.02. The molecule has 0 saturated heterocycles. The number of rotatable bonds is 1. The minimum atomic E-state index is 0.477. The second-order valence-corrected chi connectivity index (χ2v) is 1.11. The van der Waals surface area contributed by atoms with Gasteiger partial charge in [0.1, 0.15) is 0 Å². The van der Waals surface area contributed by atoms with Crippen LogP contribution < -0.4 is 5.32 Å². The van der Waals surface area contributed by atoms with Crippen molar-refractivity contribution in [2.45, 2.75) is 0 Å². The number of hydrogen-bond donors (Lipinski definition) is 1. The van der Waals surface area contributed by atoms with E-state index in [1.54, 1.807) is 7.05 Å². The molecule has 0 heterocycles. The molecule has 0 aliphatic rings. The van der Waals surface area contributed by atoms with Crippen molar-refractivity contribution in [3.8, 4) is 0 Å². The lowest BCUT2D eigenvalue weighted by Gasteiger charge is -1.84. The maximum absolute atomic E-state index is 5.16. The van der Waals surface area contributed by atoms with Gasteiger partial charge in [-0.25, -0.2) is 0 Å². The largest absolute Gasteiger partial charge is 0.379 e. The fourth-order valence-corrected chi connectivity index (χ4v) is 0. The molecule has 0 radical (unpaired) electrons. The summed E-state index contributed by atoms with van der Waals surface area (Å²) >= 11 is 5.16. The van der Waals surface area contributed by atoms with E-state index in [4.69, 9.17) is 11.6 Å². The van der Waals surface area contributed by atoms with Crippen LogP contribution in [0.2, 0.25) is 0 Å². The van der Waals surface area contributed by atoms with Crippen molar-refractivity contribution >= 4 is 11.6 Å². The van der Waals surface area contributed by atoms with E-state index in [0.29, 0.717) is 5.16 Å². The van der Waals surface area contributed by atoms with Gasteiger partial charge in [-0.15, -0.1) is 0 Å². The lowest BCUT2D eigenvalue weighted by molar-refractivity contribution is 1.08. The number of halogens is 1. The van der Waals surface area contributed by atoms with Crippen LogP contribution >= 0.6 is 11.6 Å². The summed E-state index contributed by atoms with van der Waals surface area (Å²) in [5.41, 5.74) is 0. The summed E-state index contributed by atoms with van der Waals surface area (Å²) in [4.78, 5) is 0. The zero-order valence-electron chi connectivity index (χ0n) is 3.09. The highest BCUT2D eigenvalue weighted by atomic mass is 35.5. The molecule has 30 valence electrons. The third-order valence-electron chi connectivity index (χ3n) is 0.271. The van der Waals surface area contributed by atoms with Gasteiger partial charge in [0.25, 0.3) is 0 Å². The monoisotopic (exact) mass is 91.0 g/mol. The third-order valence-corrected chi connectivity index (χ3v) is 0.460. The Bertz CT molecular complexity index is 42.2. The molecule has 0 fully saturated rings. The SMILES string of the molecule is C=C(Cl)NC. The molecule has 0 aromatic rings. The molecule has 0 atom stereocenters. The highest BCUT2D eigenvalue weighted by molar-refractivity contribution is 6.28. The van der Waals surface area contributed by atoms with Gasteiger partial charge >= 0.3 is 0 Å². The van der Waals surface area contributed by atoms with Gasteiger partial charge in [-0.05, 0) is 0 Å². The molecule has 0 amide bonds. The Morgan fingerprint density at radius 1 is 2.00 bits per heavy atom. The van der Waals surface area contributed by atoms with Crippen LogP contribution in [0.5, 0.6) is 0 Å². The summed E-state index contributed by atoms with van der Waals surface area (Å²) < 4.78 is 0. The van der Waals surface area contributed by atoms with E-state index < -0.39 is 0 Å². The molecule has 0 aromatic carbocycles. The molecule has 0 saturated carbocycles. The first-order chi connectivity index (χ1) is 2.27. The molecule has 5 heavy (non-hydrogen) atoms. The second kappa shape index (κ2) is 2.09. The lowest BCUT2D eigenvalue weighted by Crippen LogP contribution is -1.95. The fourth-order valence-electron chi connectivity index (χ4n) is 0. The fraction of sp³-hybridized carbons (Fsp3) is 0.333. The number of nitrogens with one attached hydrogen (secondary N) is 1. The summed E-state index contributed by atoms with van der Waals surface area (Å²) in [6, 6.07) is 0. The molecule has 1 nitrogen and oxygen atoms in total. The summed E-state index contributed by atoms with van der Waals surface area (Å²) in [7, 11) is 1.72. The summed E-state index contributed by atoms with van der Waals surface area (Å²) in [5, 5.41) is 3.08. The molecule has 2 heteroatoms. The maximum atomic E-state index is 5.16. The summed E-state index contributed by atoms with van der Waals surface area (Å²) in [5.74, 6) is 0. The third kappa shape index (κ3) is 3.83. The summed E-state index contributed by atoms with van der Waals surface area (Å²) in [6.07, 6.45) is 0. The van der Waals surface area contributed by atoms with E-state index in [1.807, 2.05) is 0 Å². The smallest absolute Gasteiger partial charge is 0.0942 e. The zero-order valence-corrected chi connectivity index (χ0v) is 3.84. The zero-order chi connectivity index (χ0) is 4.28. The van der Waals surface area contributed by atoms with Crippen molar-refractivity contribution in [1.29, 1.82) is 0 Å². The van der Waals surface area contributed by atoms with Crippen LogP contribution in [0.25, 0.3) is 0 Å². The Hall–Kier alpha value is -0.170. The van der Waals surface area contributed by atoms with Crippen LogP contribution in [0.3, 0.4) is 0 Å². The Morgan fingerprint density at radius 3 is 2.20 bits per heavy atom. The predicted molar refractivity (Wildman–Crippen MR) is 24.1 cm³/mol. The predicted octanol–water partition coefficient (Wildman–Crippen LogP) is 0.916. The molecule has 0 rings (SSSR count). The van der Waals surface area contributed by atoms with Crippen molar-refractivity contribution in [3.63, 3.8) is 0 Å². The van der Waals surface area contributed by atoms with Gasteiger partial charge in [0.15, 0.2) is 0 Å². The lowest BCUT2D eigenvalue weighted by atomic mass is 11.0. The van der Waals surface area contributed by atoms with Gasteiger partial charge < -0.3 is 5.32 Å². The Morgan fingerprint density at radius 2 is 2.20 bits per heavy atom. The highest BCUT2D eigenvalue weighted by Crippen LogP contribution is 1.83. The van der Waals surface area contributed by atoms with Gasteiger partial charge in [0, 0.05) is 7.05 Å². The van der Waals surface area contributed by atoms with Crippen LogP contribution in [0, 0.1) is 0 Å². The molecule has 0 bridgehead atoms. The Labute approximate surface area is 36.6 Å². The van der Waals surface area contributed by atoms with E-state index in [1.165, 1.54) is 0 Å². The standard InChI is InChI=1S/C3H6ClN/c1-3(4)5-2/h5H,1H2,2H3. The van der Waals surface area contributed by atoms with E-state index in [2.05, 4.69) is 11.9 Å². The molecule has 0 aliphatic heterocycles. The molecular weight excluding hydrogens is 85.5 g/mol. The normalized spacial score (nSPS) is 6.80. The molecular formula is C3H6ClN. The minimum absolute atomic E-state index is 0.477. The second-order valence-electron chi connectivity index (χ2n) is 0.655. The molecule has 0 unspecified atom stereocenters. The van der Waals surface area contributed by atoms with Crippen molar-refractivity contribution in [2.75, 3.05) is 7.05 Å². The molecule has 0 aliphatic carbocycles. The minimum Gasteiger partial charge on any atom is -0.379 e. The molecule has 0 spiro atoms. The average Bonchev–Trinajstić information content (AvgIpc) is 1.38. The van der Waals surface area contributed by atoms with Gasteiger partial charge in [-0.3, -0.25) is 0 Å². The van der Waals surface area contributed by atoms with Crippen LogP contribution in [-0.2, 0) is 0 Å². The van der Waals surface area contributed by atoms with Crippen LogP contribution in [0.1, 0.15) is 0 Å². The average molecular weight is 91.5 g/mol. The van der Waals surface area contributed by atoms with Crippen LogP contribution in [-0.4, -0.2) is 7.05 Å². The van der Waals surface area contributed by atoms with Crippen molar-refractivity contribution < 1.29 is 0 Å². The van der Waals surface area contributed by atoms with Crippen molar-refractivity contribution in [1.82, 2.24) is 5.32 Å². The van der Waals surface area contributed by atoms with Gasteiger partial charge in [-0.2, -0.15) is 0 Å². The van der Waals surface area contributed by atoms with E-state index >= 15 is 0 Å². The van der Waals surface area contributed by atoms with Crippen molar-refractivity contribution in [2.24, 2.45) is 0 Å². The van der Waals surface area contributed by atoms with E-state index in [-0.39, 0.29) is 0 Å². The van der Waals surface area contributed by atoms with Crippen molar-refractivity contribution in [3.05, 3.63) is 11.7 Å². The first-order valence-corrected chi connectivity index (χ1v) is 1.67. The molecule has 1 N–H and O–H groups in total. The number of hydrogen-bond acceptors (Lipinski definition) is 1. The van der Waals surface area contributed by atoms with Crippen LogP contribution in [0.4, 0.5) is 0 Å². The first kappa shape index (κ1) is 4.83. The summed E-state index contributed by atoms with van der Waals surface area (Å²) in [6.45, 7) is 3.33. The van der Waals surface area contributed by atoms with E-state index in [0.717, 1.165) is 0 Å². The first-order valence-electron chi connectivity index (χ1n) is 1.29. The maximum Gasteiger partial charge on any atom is 0.0942 e. The van der Waals surface area contributed by atoms with Gasteiger partial charge in [0.05, 0.1) is 5.16 Å². The van der Waals surface area contributed by atoms with E-state index in [9.17, 15) is 0 Å². The molecule has 0 aromatic heterocycles.